The van der Waals surface area contributed by atoms with E-state index in [1.54, 1.807) is 6.07 Å². The van der Waals surface area contributed by atoms with Crippen LogP contribution in [0.1, 0.15) is 32.3 Å². The van der Waals surface area contributed by atoms with Crippen molar-refractivity contribution in [3.05, 3.63) is 22.8 Å². The van der Waals surface area contributed by atoms with Gasteiger partial charge in [0.1, 0.15) is 16.9 Å². The van der Waals surface area contributed by atoms with Crippen LogP contribution in [0.3, 0.4) is 0 Å². The van der Waals surface area contributed by atoms with Gasteiger partial charge in [0.25, 0.3) is 0 Å². The van der Waals surface area contributed by atoms with Gasteiger partial charge >= 0.3 is 0 Å². The maximum atomic E-state index is 9.46. The van der Waals surface area contributed by atoms with Crippen LogP contribution in [0.15, 0.2) is 12.3 Å². The number of hydrogen-bond acceptors (Lipinski definition) is 4. The summed E-state index contributed by atoms with van der Waals surface area (Å²) in [6.45, 7) is 3.96. The number of aliphatic hydroxyl groups excluding tert-OH is 1. The van der Waals surface area contributed by atoms with Crippen molar-refractivity contribution in [3.8, 4) is 6.07 Å². The summed E-state index contributed by atoms with van der Waals surface area (Å²) in [7, 11) is 0. The molecule has 0 unspecified atom stereocenters. The lowest BCUT2D eigenvalue weighted by atomic mass is 9.94. The highest BCUT2D eigenvalue weighted by Gasteiger charge is 2.26. The summed E-state index contributed by atoms with van der Waals surface area (Å²) in [6, 6.07) is 3.56. The number of hydrogen-bond donors (Lipinski definition) is 2. The van der Waals surface area contributed by atoms with E-state index >= 15 is 0 Å². The number of aromatic nitrogens is 1. The van der Waals surface area contributed by atoms with Gasteiger partial charge in [-0.05, 0) is 18.9 Å². The van der Waals surface area contributed by atoms with Crippen molar-refractivity contribution in [2.45, 2.75) is 32.2 Å². The van der Waals surface area contributed by atoms with E-state index in [-0.39, 0.29) is 6.61 Å². The highest BCUT2D eigenvalue weighted by molar-refractivity contribution is 6.34. The van der Waals surface area contributed by atoms with Crippen molar-refractivity contribution in [2.24, 2.45) is 0 Å². The van der Waals surface area contributed by atoms with E-state index in [0.29, 0.717) is 16.4 Å². The van der Waals surface area contributed by atoms with Crippen LogP contribution in [0.2, 0.25) is 5.02 Å². The van der Waals surface area contributed by atoms with Crippen molar-refractivity contribution >= 4 is 17.4 Å². The largest absolute Gasteiger partial charge is 0.394 e. The Morgan fingerprint density at radius 2 is 2.18 bits per heavy atom. The number of nitrogens with one attached hydrogen (secondary N) is 1. The minimum Gasteiger partial charge on any atom is -0.394 e. The second-order valence-corrected chi connectivity index (χ2v) is 4.28. The fourth-order valence-corrected chi connectivity index (χ4v) is 1.76. The molecule has 4 nitrogen and oxygen atoms in total. The van der Waals surface area contributed by atoms with Gasteiger partial charge < -0.3 is 10.4 Å². The van der Waals surface area contributed by atoms with Gasteiger partial charge in [0, 0.05) is 6.20 Å². The SMILES string of the molecule is CCC(CC)(CO)Nc1nccc(C#N)c1Cl. The van der Waals surface area contributed by atoms with Gasteiger partial charge in [0.2, 0.25) is 0 Å². The molecule has 0 bridgehead atoms. The van der Waals surface area contributed by atoms with Gasteiger partial charge in [-0.2, -0.15) is 5.26 Å². The first kappa shape index (κ1) is 13.8. The molecule has 0 atom stereocenters. The highest BCUT2D eigenvalue weighted by Crippen LogP contribution is 2.28. The maximum absolute atomic E-state index is 9.46. The molecule has 0 saturated heterocycles. The summed E-state index contributed by atoms with van der Waals surface area (Å²) in [5.74, 6) is 0.448. The van der Waals surface area contributed by atoms with Gasteiger partial charge in [0.15, 0.2) is 0 Å². The first-order valence-electron chi connectivity index (χ1n) is 5.56. The summed E-state index contributed by atoms with van der Waals surface area (Å²) >= 11 is 6.06. The van der Waals surface area contributed by atoms with Crippen molar-refractivity contribution in [1.82, 2.24) is 4.98 Å². The average Bonchev–Trinajstić information content (AvgIpc) is 2.38. The van der Waals surface area contributed by atoms with Crippen LogP contribution in [0.4, 0.5) is 5.82 Å². The van der Waals surface area contributed by atoms with E-state index in [4.69, 9.17) is 16.9 Å². The Morgan fingerprint density at radius 1 is 1.53 bits per heavy atom. The van der Waals surface area contributed by atoms with E-state index in [1.165, 1.54) is 6.20 Å². The average molecular weight is 254 g/mol. The first-order valence-corrected chi connectivity index (χ1v) is 5.94. The monoisotopic (exact) mass is 253 g/mol. The third-order valence-electron chi connectivity index (χ3n) is 3.05. The maximum Gasteiger partial charge on any atom is 0.146 e. The number of rotatable bonds is 5. The van der Waals surface area contributed by atoms with Crippen LogP contribution in [-0.4, -0.2) is 22.2 Å². The van der Waals surface area contributed by atoms with Crippen LogP contribution < -0.4 is 5.32 Å². The lowest BCUT2D eigenvalue weighted by Crippen LogP contribution is -2.41. The van der Waals surface area contributed by atoms with E-state index in [2.05, 4.69) is 10.3 Å². The molecule has 0 aliphatic rings. The van der Waals surface area contributed by atoms with Crippen molar-refractivity contribution in [1.29, 1.82) is 5.26 Å². The zero-order chi connectivity index (χ0) is 12.9. The lowest BCUT2D eigenvalue weighted by Gasteiger charge is -2.31. The minimum atomic E-state index is -0.440. The molecular weight excluding hydrogens is 238 g/mol. The molecule has 0 amide bonds. The van der Waals surface area contributed by atoms with E-state index in [0.717, 1.165) is 12.8 Å². The van der Waals surface area contributed by atoms with Gasteiger partial charge in [0.05, 0.1) is 17.7 Å². The third kappa shape index (κ3) is 2.87. The molecule has 0 aliphatic heterocycles. The van der Waals surface area contributed by atoms with Gasteiger partial charge in [-0.1, -0.05) is 25.4 Å². The Bertz CT molecular complexity index is 416. The first-order chi connectivity index (χ1) is 8.12. The molecule has 0 aromatic carbocycles. The summed E-state index contributed by atoms with van der Waals surface area (Å²) in [5.41, 5.74) is -0.0618. The van der Waals surface area contributed by atoms with E-state index < -0.39 is 5.54 Å². The highest BCUT2D eigenvalue weighted by atomic mass is 35.5. The third-order valence-corrected chi connectivity index (χ3v) is 3.43. The Kier molecular flexibility index (Phi) is 4.73. The van der Waals surface area contributed by atoms with Crippen LogP contribution in [-0.2, 0) is 0 Å². The molecular formula is C12H16ClN3O. The molecule has 17 heavy (non-hydrogen) atoms. The normalized spacial score (nSPS) is 11.0. The quantitative estimate of drug-likeness (QED) is 0.846. The molecule has 5 heteroatoms. The number of pyridine rings is 1. The zero-order valence-corrected chi connectivity index (χ0v) is 10.8. The molecule has 1 aromatic rings. The summed E-state index contributed by atoms with van der Waals surface area (Å²) in [6.07, 6.45) is 3.02. The Labute approximate surface area is 106 Å². The lowest BCUT2D eigenvalue weighted by molar-refractivity contribution is 0.202. The zero-order valence-electron chi connectivity index (χ0n) is 10.00. The molecule has 0 aliphatic carbocycles. The number of nitrogens with zero attached hydrogens (tertiary/aromatic N) is 2. The number of halogens is 1. The molecule has 0 fully saturated rings. The number of nitriles is 1. The molecule has 1 aromatic heterocycles. The minimum absolute atomic E-state index is 0.00517. The molecule has 0 saturated carbocycles. The molecule has 0 radical (unpaired) electrons. The predicted molar refractivity (Wildman–Crippen MR) is 68.0 cm³/mol. The van der Waals surface area contributed by atoms with Crippen LogP contribution >= 0.6 is 11.6 Å². The van der Waals surface area contributed by atoms with Crippen molar-refractivity contribution < 1.29 is 5.11 Å². The summed E-state index contributed by atoms with van der Waals surface area (Å²) in [5, 5.41) is 21.8. The number of anilines is 1. The topological polar surface area (TPSA) is 68.9 Å². The smallest absolute Gasteiger partial charge is 0.146 e. The molecule has 2 N–H and O–H groups in total. The summed E-state index contributed by atoms with van der Waals surface area (Å²) in [4.78, 5) is 4.11. The Hall–Kier alpha value is -1.31. The fourth-order valence-electron chi connectivity index (χ4n) is 1.56. The molecule has 92 valence electrons. The van der Waals surface area contributed by atoms with Crippen LogP contribution in [0.25, 0.3) is 0 Å². The van der Waals surface area contributed by atoms with Gasteiger partial charge in [-0.25, -0.2) is 4.98 Å². The Morgan fingerprint density at radius 3 is 2.65 bits per heavy atom. The van der Waals surface area contributed by atoms with E-state index in [9.17, 15) is 5.11 Å². The predicted octanol–water partition coefficient (Wildman–Crippen LogP) is 2.57. The molecule has 1 rings (SSSR count). The van der Waals surface area contributed by atoms with Crippen molar-refractivity contribution in [2.75, 3.05) is 11.9 Å². The fraction of sp³-hybridized carbons (Fsp3) is 0.500. The second-order valence-electron chi connectivity index (χ2n) is 3.90. The molecule has 0 spiro atoms. The number of aliphatic hydroxyl groups is 1. The van der Waals surface area contributed by atoms with Gasteiger partial charge in [-0.15, -0.1) is 0 Å². The van der Waals surface area contributed by atoms with Crippen LogP contribution in [0.5, 0.6) is 0 Å². The standard InChI is InChI=1S/C12H16ClN3O/c1-3-12(4-2,8-17)16-11-10(13)9(7-14)5-6-15-11/h5-6,17H,3-4,8H2,1-2H3,(H,15,16). The van der Waals surface area contributed by atoms with Crippen molar-refractivity contribution in [3.63, 3.8) is 0 Å². The van der Waals surface area contributed by atoms with E-state index in [1.807, 2.05) is 19.9 Å². The summed E-state index contributed by atoms with van der Waals surface area (Å²) < 4.78 is 0. The second kappa shape index (κ2) is 5.85. The van der Waals surface area contributed by atoms with Gasteiger partial charge in [-0.3, -0.25) is 0 Å². The molecule has 1 heterocycles. The Balaban J connectivity index is 3.07. The van der Waals surface area contributed by atoms with Crippen LogP contribution in [0, 0.1) is 11.3 Å².